The first kappa shape index (κ1) is 22.8. The molecule has 0 bridgehead atoms. The molecule has 0 aliphatic heterocycles. The Morgan fingerprint density at radius 2 is 1.63 bits per heavy atom. The molecular formula is C23H27N3O4. The maximum absolute atomic E-state index is 12.9. The number of carbonyl (C=O) groups excluding carboxylic acids is 4. The van der Waals surface area contributed by atoms with Crippen LogP contribution in [-0.2, 0) is 32.0 Å². The third kappa shape index (κ3) is 7.16. The molecule has 0 spiro atoms. The molecule has 2 aromatic rings. The van der Waals surface area contributed by atoms with Crippen molar-refractivity contribution in [2.45, 2.75) is 26.2 Å². The Bertz CT molecular complexity index is 868. The number of amides is 3. The maximum Gasteiger partial charge on any atom is 0.246 e. The van der Waals surface area contributed by atoms with Gasteiger partial charge in [0.05, 0.1) is 13.1 Å². The van der Waals surface area contributed by atoms with E-state index < -0.39 is 11.8 Å². The third-order valence-electron chi connectivity index (χ3n) is 4.57. The Morgan fingerprint density at radius 3 is 2.33 bits per heavy atom. The number of hydrogen-bond acceptors (Lipinski definition) is 4. The molecule has 2 rings (SSSR count). The van der Waals surface area contributed by atoms with Gasteiger partial charge in [0, 0.05) is 12.1 Å². The summed E-state index contributed by atoms with van der Waals surface area (Å²) in [5.74, 6) is -1.08. The van der Waals surface area contributed by atoms with E-state index in [4.69, 9.17) is 0 Å². The van der Waals surface area contributed by atoms with Gasteiger partial charge in [0.1, 0.15) is 12.8 Å². The van der Waals surface area contributed by atoms with Crippen LogP contribution in [0, 0.1) is 0 Å². The van der Waals surface area contributed by atoms with Crippen LogP contribution in [0.1, 0.15) is 24.5 Å². The highest BCUT2D eigenvalue weighted by Gasteiger charge is 2.21. The quantitative estimate of drug-likeness (QED) is 0.552. The summed E-state index contributed by atoms with van der Waals surface area (Å²) in [6.07, 6.45) is 2.11. The Kier molecular flexibility index (Phi) is 9.24. The minimum Gasteiger partial charge on any atom is -0.348 e. The predicted octanol–water partition coefficient (Wildman–Crippen LogP) is 1.65. The van der Waals surface area contributed by atoms with E-state index in [-0.39, 0.29) is 32.0 Å². The van der Waals surface area contributed by atoms with E-state index in [9.17, 15) is 19.2 Å². The Labute approximate surface area is 176 Å². The molecule has 0 unspecified atom stereocenters. The highest BCUT2D eigenvalue weighted by molar-refractivity contribution is 6.01. The van der Waals surface area contributed by atoms with Crippen LogP contribution in [0.2, 0.25) is 0 Å². The number of aldehydes is 1. The number of para-hydroxylation sites is 1. The average Bonchev–Trinajstić information content (AvgIpc) is 2.78. The van der Waals surface area contributed by atoms with Crippen molar-refractivity contribution in [3.05, 3.63) is 65.7 Å². The lowest BCUT2D eigenvalue weighted by atomic mass is 10.1. The predicted molar refractivity (Wildman–Crippen MR) is 115 cm³/mol. The van der Waals surface area contributed by atoms with Crippen LogP contribution in [0.25, 0.3) is 0 Å². The van der Waals surface area contributed by atoms with Gasteiger partial charge in [0.2, 0.25) is 17.7 Å². The molecule has 0 saturated carbocycles. The fourth-order valence-corrected chi connectivity index (χ4v) is 3.00. The zero-order valence-corrected chi connectivity index (χ0v) is 17.1. The van der Waals surface area contributed by atoms with E-state index in [1.807, 2.05) is 49.4 Å². The van der Waals surface area contributed by atoms with Crippen LogP contribution in [0.3, 0.4) is 0 Å². The summed E-state index contributed by atoms with van der Waals surface area (Å²) < 4.78 is 0. The van der Waals surface area contributed by atoms with Crippen molar-refractivity contribution in [3.63, 3.8) is 0 Å². The second-order valence-electron chi connectivity index (χ2n) is 6.70. The van der Waals surface area contributed by atoms with Crippen LogP contribution < -0.4 is 15.5 Å². The molecule has 0 atom stereocenters. The Balaban J connectivity index is 2.01. The largest absolute Gasteiger partial charge is 0.348 e. The fourth-order valence-electron chi connectivity index (χ4n) is 3.00. The molecule has 0 aliphatic rings. The van der Waals surface area contributed by atoms with Crippen LogP contribution in [0.15, 0.2) is 54.6 Å². The van der Waals surface area contributed by atoms with Crippen LogP contribution in [0.4, 0.5) is 5.69 Å². The van der Waals surface area contributed by atoms with E-state index in [2.05, 4.69) is 10.6 Å². The Morgan fingerprint density at radius 1 is 0.933 bits per heavy atom. The van der Waals surface area contributed by atoms with Crippen LogP contribution >= 0.6 is 0 Å². The first-order chi connectivity index (χ1) is 14.5. The number of aryl methyl sites for hydroxylation is 2. The molecule has 0 heterocycles. The summed E-state index contributed by atoms with van der Waals surface area (Å²) in [4.78, 5) is 49.0. The lowest BCUT2D eigenvalue weighted by molar-refractivity contribution is -0.126. The Hall–Kier alpha value is -3.48. The monoisotopic (exact) mass is 409 g/mol. The highest BCUT2D eigenvalue weighted by Crippen LogP contribution is 2.21. The first-order valence-electron chi connectivity index (χ1n) is 9.94. The first-order valence-corrected chi connectivity index (χ1v) is 9.94. The molecule has 0 fully saturated rings. The second kappa shape index (κ2) is 12.2. The summed E-state index contributed by atoms with van der Waals surface area (Å²) in [5.41, 5.74) is 2.57. The summed E-state index contributed by atoms with van der Waals surface area (Å²) in [6, 6.07) is 16.9. The lowest BCUT2D eigenvalue weighted by Gasteiger charge is -2.24. The molecule has 0 aromatic heterocycles. The zero-order valence-electron chi connectivity index (χ0n) is 17.1. The van der Waals surface area contributed by atoms with Crippen molar-refractivity contribution in [1.29, 1.82) is 0 Å². The molecule has 2 N–H and O–H groups in total. The summed E-state index contributed by atoms with van der Waals surface area (Å²) in [7, 11) is 0. The maximum atomic E-state index is 12.9. The molecule has 0 radical (unpaired) electrons. The smallest absolute Gasteiger partial charge is 0.246 e. The van der Waals surface area contributed by atoms with Crippen molar-refractivity contribution in [2.75, 3.05) is 24.5 Å². The third-order valence-corrected chi connectivity index (χ3v) is 4.57. The van der Waals surface area contributed by atoms with Crippen molar-refractivity contribution in [2.24, 2.45) is 0 Å². The molecular weight excluding hydrogens is 382 g/mol. The SMILES string of the molecule is CCc1ccccc1N(CC(=O)NCC=O)C(=O)CNC(=O)CCc1ccccc1. The van der Waals surface area contributed by atoms with Crippen molar-refractivity contribution >= 4 is 29.7 Å². The van der Waals surface area contributed by atoms with Gasteiger partial charge in [-0.25, -0.2) is 0 Å². The standard InChI is InChI=1S/C23H27N3O4/c1-2-19-10-6-7-11-20(19)26(17-22(29)24-14-15-27)23(30)16-25-21(28)13-12-18-8-4-3-5-9-18/h3-11,15H,2,12-14,16-17H2,1H3,(H,24,29)(H,25,28). The van der Waals surface area contributed by atoms with Gasteiger partial charge in [0.25, 0.3) is 0 Å². The van der Waals surface area contributed by atoms with Gasteiger partial charge in [-0.15, -0.1) is 0 Å². The number of carbonyl (C=O) groups is 4. The van der Waals surface area contributed by atoms with Crippen molar-refractivity contribution < 1.29 is 19.2 Å². The van der Waals surface area contributed by atoms with Gasteiger partial charge in [0.15, 0.2) is 0 Å². The fraction of sp³-hybridized carbons (Fsp3) is 0.304. The minimum absolute atomic E-state index is 0.119. The summed E-state index contributed by atoms with van der Waals surface area (Å²) in [6.45, 7) is 1.39. The van der Waals surface area contributed by atoms with E-state index in [1.54, 1.807) is 12.1 Å². The minimum atomic E-state index is -0.447. The van der Waals surface area contributed by atoms with E-state index in [1.165, 1.54) is 4.90 Å². The number of benzene rings is 2. The van der Waals surface area contributed by atoms with Gasteiger partial charge in [-0.2, -0.15) is 0 Å². The number of hydrogen-bond donors (Lipinski definition) is 2. The van der Waals surface area contributed by atoms with Gasteiger partial charge in [-0.3, -0.25) is 14.4 Å². The average molecular weight is 409 g/mol. The molecule has 0 aliphatic carbocycles. The molecule has 7 nitrogen and oxygen atoms in total. The van der Waals surface area contributed by atoms with Gasteiger partial charge >= 0.3 is 0 Å². The van der Waals surface area contributed by atoms with Crippen molar-refractivity contribution in [1.82, 2.24) is 10.6 Å². The van der Waals surface area contributed by atoms with Gasteiger partial charge in [-0.05, 0) is 30.0 Å². The molecule has 3 amide bonds. The molecule has 7 heteroatoms. The van der Waals surface area contributed by atoms with Gasteiger partial charge < -0.3 is 20.3 Å². The normalized spacial score (nSPS) is 10.2. The molecule has 2 aromatic carbocycles. The number of rotatable bonds is 11. The second-order valence-corrected chi connectivity index (χ2v) is 6.70. The molecule has 30 heavy (non-hydrogen) atoms. The number of anilines is 1. The van der Waals surface area contributed by atoms with Crippen molar-refractivity contribution in [3.8, 4) is 0 Å². The van der Waals surface area contributed by atoms with Crippen LogP contribution in [-0.4, -0.2) is 43.6 Å². The van der Waals surface area contributed by atoms with E-state index in [0.29, 0.717) is 24.8 Å². The topological polar surface area (TPSA) is 95.6 Å². The van der Waals surface area contributed by atoms with Crippen LogP contribution in [0.5, 0.6) is 0 Å². The number of nitrogens with one attached hydrogen (secondary N) is 2. The van der Waals surface area contributed by atoms with E-state index >= 15 is 0 Å². The highest BCUT2D eigenvalue weighted by atomic mass is 16.2. The lowest BCUT2D eigenvalue weighted by Crippen LogP contribution is -2.46. The summed E-state index contributed by atoms with van der Waals surface area (Å²) >= 11 is 0. The van der Waals surface area contributed by atoms with E-state index in [0.717, 1.165) is 11.1 Å². The molecule has 0 saturated heterocycles. The molecule has 158 valence electrons. The van der Waals surface area contributed by atoms with Gasteiger partial charge in [-0.1, -0.05) is 55.5 Å². The zero-order chi connectivity index (χ0) is 21.8. The summed E-state index contributed by atoms with van der Waals surface area (Å²) in [5, 5.41) is 5.08. The number of nitrogens with zero attached hydrogens (tertiary/aromatic N) is 1.